The van der Waals surface area contributed by atoms with Gasteiger partial charge < -0.3 is 14.4 Å². The highest BCUT2D eigenvalue weighted by Gasteiger charge is 2.34. The van der Waals surface area contributed by atoms with Gasteiger partial charge in [-0.1, -0.05) is 6.92 Å². The Bertz CT molecular complexity index is 419. The van der Waals surface area contributed by atoms with Crippen molar-refractivity contribution in [3.8, 4) is 0 Å². The van der Waals surface area contributed by atoms with Crippen molar-refractivity contribution in [3.63, 3.8) is 0 Å². The van der Waals surface area contributed by atoms with Crippen LogP contribution in [0.5, 0.6) is 0 Å². The van der Waals surface area contributed by atoms with Crippen molar-refractivity contribution in [2.45, 2.75) is 78.2 Å². The number of carboxylic acid groups (broad SMARTS) is 1. The van der Waals surface area contributed by atoms with Gasteiger partial charge in [0, 0.05) is 12.1 Å². The van der Waals surface area contributed by atoms with Gasteiger partial charge in [-0.25, -0.2) is 0 Å². The molecular formula is C15H29O6P. The molecule has 0 aromatic rings. The van der Waals surface area contributed by atoms with Crippen LogP contribution < -0.4 is 0 Å². The van der Waals surface area contributed by atoms with Crippen LogP contribution in [0.15, 0.2) is 0 Å². The molecule has 22 heavy (non-hydrogen) atoms. The largest absolute Gasteiger partial charge is 0.481 e. The molecule has 0 aliphatic carbocycles. The summed E-state index contributed by atoms with van der Waals surface area (Å²) in [5.74, 6) is -2.29. The molecule has 7 heteroatoms. The van der Waals surface area contributed by atoms with Gasteiger partial charge in [-0.2, -0.15) is 0 Å². The first-order valence-electron chi connectivity index (χ1n) is 7.40. The fourth-order valence-electron chi connectivity index (χ4n) is 1.79. The fourth-order valence-corrected chi connectivity index (χ4v) is 3.21. The Balaban J connectivity index is 5.09. The van der Waals surface area contributed by atoms with E-state index in [2.05, 4.69) is 0 Å². The van der Waals surface area contributed by atoms with Crippen molar-refractivity contribution in [1.82, 2.24) is 0 Å². The van der Waals surface area contributed by atoms with Crippen LogP contribution in [0, 0.1) is 5.92 Å². The molecule has 3 atom stereocenters. The Kier molecular flexibility index (Phi) is 7.79. The van der Waals surface area contributed by atoms with E-state index in [-0.39, 0.29) is 12.8 Å². The van der Waals surface area contributed by atoms with Gasteiger partial charge in [0.1, 0.15) is 5.60 Å². The molecule has 0 radical (unpaired) electrons. The fraction of sp³-hybridized carbons (Fsp3) is 0.867. The SMILES string of the molecule is CC(C(CCC(=O)O)C(=O)OC(C)(C)C)[PH](=O)OC(C)(C)C. The van der Waals surface area contributed by atoms with E-state index in [1.54, 1.807) is 48.5 Å². The number of ether oxygens (including phenoxy) is 1. The van der Waals surface area contributed by atoms with E-state index in [4.69, 9.17) is 14.4 Å². The second-order valence-electron chi connectivity index (χ2n) is 7.39. The molecule has 3 unspecified atom stereocenters. The third-order valence-electron chi connectivity index (χ3n) is 2.76. The van der Waals surface area contributed by atoms with Crippen molar-refractivity contribution in [1.29, 1.82) is 0 Å². The van der Waals surface area contributed by atoms with E-state index in [1.165, 1.54) is 0 Å². The third-order valence-corrected chi connectivity index (χ3v) is 4.72. The number of carbonyl (C=O) groups excluding carboxylic acids is 1. The Morgan fingerprint density at radius 3 is 1.95 bits per heavy atom. The van der Waals surface area contributed by atoms with Crippen molar-refractivity contribution >= 4 is 20.0 Å². The molecule has 0 aliphatic heterocycles. The van der Waals surface area contributed by atoms with Crippen molar-refractivity contribution < 1.29 is 28.5 Å². The summed E-state index contributed by atoms with van der Waals surface area (Å²) >= 11 is 0. The monoisotopic (exact) mass is 336 g/mol. The van der Waals surface area contributed by atoms with Gasteiger partial charge in [-0.3, -0.25) is 14.2 Å². The van der Waals surface area contributed by atoms with Crippen molar-refractivity contribution in [3.05, 3.63) is 0 Å². The van der Waals surface area contributed by atoms with Crippen LogP contribution in [-0.2, 0) is 23.4 Å². The number of rotatable bonds is 7. The smallest absolute Gasteiger partial charge is 0.310 e. The molecule has 0 fully saturated rings. The van der Waals surface area contributed by atoms with Crippen LogP contribution in [-0.4, -0.2) is 33.9 Å². The topological polar surface area (TPSA) is 89.9 Å². The molecular weight excluding hydrogens is 307 g/mol. The molecule has 0 heterocycles. The molecule has 0 rings (SSSR count). The number of carboxylic acids is 1. The molecule has 0 aromatic carbocycles. The highest BCUT2D eigenvalue weighted by atomic mass is 31.1. The standard InChI is InChI=1S/C15H29O6P/c1-10(22(19)21-15(5,6)7)11(8-9-12(16)17)13(18)20-14(2,3)4/h10-11,22H,8-9H2,1-7H3,(H,16,17). The highest BCUT2D eigenvalue weighted by Crippen LogP contribution is 2.40. The van der Waals surface area contributed by atoms with E-state index in [0.717, 1.165) is 0 Å². The van der Waals surface area contributed by atoms with Gasteiger partial charge in [0.15, 0.2) is 8.03 Å². The summed E-state index contributed by atoms with van der Waals surface area (Å²) in [7, 11) is -2.51. The van der Waals surface area contributed by atoms with E-state index in [0.29, 0.717) is 0 Å². The normalized spacial score (nSPS) is 16.7. The Labute approximate surface area is 133 Å². The lowest BCUT2D eigenvalue weighted by atomic mass is 9.99. The van der Waals surface area contributed by atoms with E-state index >= 15 is 0 Å². The summed E-state index contributed by atoms with van der Waals surface area (Å²) in [5, 5.41) is 8.83. The Morgan fingerprint density at radius 1 is 1.09 bits per heavy atom. The quantitative estimate of drug-likeness (QED) is 0.565. The van der Waals surface area contributed by atoms with Gasteiger partial charge in [0.25, 0.3) is 0 Å². The van der Waals surface area contributed by atoms with Crippen LogP contribution in [0.4, 0.5) is 0 Å². The summed E-state index contributed by atoms with van der Waals surface area (Å²) in [6.07, 6.45) is -0.103. The molecule has 130 valence electrons. The third kappa shape index (κ3) is 9.21. The van der Waals surface area contributed by atoms with Crippen LogP contribution in [0.25, 0.3) is 0 Å². The maximum absolute atomic E-state index is 12.3. The second-order valence-corrected chi connectivity index (χ2v) is 9.15. The van der Waals surface area contributed by atoms with Crippen LogP contribution in [0.1, 0.15) is 61.3 Å². The summed E-state index contributed by atoms with van der Waals surface area (Å²) < 4.78 is 23.1. The number of aliphatic carboxylic acids is 1. The van der Waals surface area contributed by atoms with Crippen LogP contribution >= 0.6 is 8.03 Å². The number of carbonyl (C=O) groups is 2. The van der Waals surface area contributed by atoms with E-state index in [1.807, 2.05) is 0 Å². The Hall–Kier alpha value is -0.870. The summed E-state index contributed by atoms with van der Waals surface area (Å²) in [6.45, 7) is 12.2. The first-order valence-corrected chi connectivity index (χ1v) is 8.80. The van der Waals surface area contributed by atoms with E-state index in [9.17, 15) is 14.2 Å². The van der Waals surface area contributed by atoms with Gasteiger partial charge in [-0.05, 0) is 48.0 Å². The summed E-state index contributed by atoms with van der Waals surface area (Å²) in [4.78, 5) is 23.1. The van der Waals surface area contributed by atoms with Crippen LogP contribution in [0.3, 0.4) is 0 Å². The molecule has 0 saturated heterocycles. The summed E-state index contributed by atoms with van der Waals surface area (Å²) in [6, 6.07) is 0. The minimum absolute atomic E-state index is 0.0787. The highest BCUT2D eigenvalue weighted by molar-refractivity contribution is 7.40. The first kappa shape index (κ1) is 21.1. The average molecular weight is 336 g/mol. The summed E-state index contributed by atoms with van der Waals surface area (Å²) in [5.41, 5.74) is -1.85. The van der Waals surface area contributed by atoms with E-state index < -0.39 is 42.7 Å². The predicted molar refractivity (Wildman–Crippen MR) is 85.5 cm³/mol. The van der Waals surface area contributed by atoms with Crippen molar-refractivity contribution in [2.75, 3.05) is 0 Å². The zero-order chi connectivity index (χ0) is 17.7. The van der Waals surface area contributed by atoms with Gasteiger partial charge >= 0.3 is 11.9 Å². The minimum Gasteiger partial charge on any atom is -0.481 e. The zero-order valence-electron chi connectivity index (χ0n) is 14.6. The van der Waals surface area contributed by atoms with Gasteiger partial charge in [0.2, 0.25) is 0 Å². The second kappa shape index (κ2) is 8.11. The number of hydrogen-bond donors (Lipinski definition) is 1. The average Bonchev–Trinajstić information content (AvgIpc) is 2.23. The maximum Gasteiger partial charge on any atom is 0.310 e. The lowest BCUT2D eigenvalue weighted by molar-refractivity contribution is -0.160. The molecule has 1 N–H and O–H groups in total. The van der Waals surface area contributed by atoms with Crippen molar-refractivity contribution in [2.24, 2.45) is 5.92 Å². The molecule has 0 spiro atoms. The molecule has 0 aromatic heterocycles. The molecule has 0 amide bonds. The minimum atomic E-state index is -2.51. The lowest BCUT2D eigenvalue weighted by Gasteiger charge is -2.28. The number of hydrogen-bond acceptors (Lipinski definition) is 5. The maximum atomic E-state index is 12.3. The zero-order valence-corrected chi connectivity index (χ0v) is 15.6. The first-order chi connectivity index (χ1) is 9.73. The number of esters is 1. The molecule has 0 aliphatic rings. The predicted octanol–water partition coefficient (Wildman–Crippen LogP) is 3.49. The molecule has 0 saturated carbocycles. The van der Waals surface area contributed by atoms with Gasteiger partial charge in [-0.15, -0.1) is 0 Å². The Morgan fingerprint density at radius 2 is 1.59 bits per heavy atom. The lowest BCUT2D eigenvalue weighted by Crippen LogP contribution is -2.34. The van der Waals surface area contributed by atoms with Gasteiger partial charge in [0.05, 0.1) is 11.5 Å². The molecule has 6 nitrogen and oxygen atoms in total. The molecule has 0 bridgehead atoms. The van der Waals surface area contributed by atoms with Crippen LogP contribution in [0.2, 0.25) is 0 Å².